The smallest absolute Gasteiger partial charge is 0.370 e. The number of aliphatic hydroxyl groups is 3. The fourth-order valence-corrected chi connectivity index (χ4v) is 5.99. The van der Waals surface area contributed by atoms with Crippen molar-refractivity contribution in [2.75, 3.05) is 12.4 Å². The van der Waals surface area contributed by atoms with Gasteiger partial charge in [-0.2, -0.15) is 11.8 Å². The lowest BCUT2D eigenvalue weighted by atomic mass is 9.92. The number of carbonyl (C=O) groups excluding carboxylic acids is 2. The van der Waals surface area contributed by atoms with Crippen LogP contribution in [-0.4, -0.2) is 115 Å². The highest BCUT2D eigenvalue weighted by Crippen LogP contribution is 2.33. The third-order valence-corrected chi connectivity index (χ3v) is 7.73. The second kappa shape index (κ2) is 14.8. The first-order chi connectivity index (χ1) is 18.3. The van der Waals surface area contributed by atoms with Crippen molar-refractivity contribution in [1.82, 2.24) is 21.3 Å². The number of rotatable bonds is 11. The molecule has 3 rings (SSSR count). The zero-order chi connectivity index (χ0) is 29.3. The number of aliphatic hydroxyl groups excluding tert-OH is 3. The van der Waals surface area contributed by atoms with Gasteiger partial charge in [-0.05, 0) is 18.9 Å². The van der Waals surface area contributed by atoms with Crippen molar-refractivity contribution in [3.05, 3.63) is 11.8 Å². The van der Waals surface area contributed by atoms with Gasteiger partial charge in [0.1, 0.15) is 18.3 Å². The largest absolute Gasteiger partial charge is 0.481 e. The zero-order valence-electron chi connectivity index (χ0n) is 21.2. The maximum absolute atomic E-state index is 11.4. The number of thioether (sulfide) groups is 1. The second-order valence-corrected chi connectivity index (χ2v) is 10.5. The molecule has 0 spiro atoms. The van der Waals surface area contributed by atoms with Gasteiger partial charge < -0.3 is 57.3 Å². The molecule has 0 aromatic rings. The monoisotopic (exact) mass is 576 g/mol. The molecule has 3 aliphatic rings. The Bertz CT molecular complexity index is 952. The molecule has 16 nitrogen and oxygen atoms in total. The average molecular weight is 577 g/mol. The Balaban J connectivity index is 0.000000290. The molecule has 17 heteroatoms. The van der Waals surface area contributed by atoms with Gasteiger partial charge in [0, 0.05) is 24.3 Å². The maximum atomic E-state index is 11.4. The van der Waals surface area contributed by atoms with Crippen molar-refractivity contribution in [3.63, 3.8) is 0 Å². The topological polar surface area (TPSA) is 277 Å². The Hall–Kier alpha value is -3.28. The predicted octanol–water partition coefficient (Wildman–Crippen LogP) is -2.78. The molecule has 39 heavy (non-hydrogen) atoms. The van der Waals surface area contributed by atoms with Crippen LogP contribution in [0, 0.1) is 5.41 Å². The van der Waals surface area contributed by atoms with Gasteiger partial charge in [-0.1, -0.05) is 6.42 Å². The quantitative estimate of drug-likeness (QED) is 0.0514. The molecule has 2 fully saturated rings. The number of carboxylic acid groups (broad SMARTS) is 2. The minimum Gasteiger partial charge on any atom is -0.481 e. The molecule has 3 aliphatic heterocycles. The van der Waals surface area contributed by atoms with E-state index in [1.807, 2.05) is 11.8 Å². The standard InChI is InChI=1S/C12H20N4O7.C10H16N2O3S/c1-4(18)15-8-5(16-12(13)14)2-7(11(21)22)23-10(8)9(20)6(19)3-17;13-8(14)4-2-1-3-7-9-6(5-16-7)11-10(15)12-9/h2,5-6,8-10,17,19-20H,3H2,1H3,(H,15,18)(H,21,22)(H4,13,14,16);6-7,9H,1-5H2,(H,13,14)(H2,11,12,15)/t5-,6+,8+,9+,10+;6-,7-,9-/m00/s1. The molecule has 0 aromatic carbocycles. The number of carbonyl (C=O) groups is 4. The van der Waals surface area contributed by atoms with E-state index in [1.54, 1.807) is 0 Å². The van der Waals surface area contributed by atoms with Gasteiger partial charge in [0.2, 0.25) is 11.7 Å². The molecular weight excluding hydrogens is 540 g/mol. The van der Waals surface area contributed by atoms with Crippen LogP contribution in [0.15, 0.2) is 11.8 Å². The maximum Gasteiger partial charge on any atom is 0.370 e. The molecule has 8 atom stereocenters. The van der Waals surface area contributed by atoms with Crippen LogP contribution in [0.1, 0.15) is 32.6 Å². The summed E-state index contributed by atoms with van der Waals surface area (Å²) in [6.45, 7) is 0.387. The summed E-state index contributed by atoms with van der Waals surface area (Å²) in [5.41, 5.74) is 5.24. The first-order valence-electron chi connectivity index (χ1n) is 12.2. The van der Waals surface area contributed by atoms with Crippen LogP contribution < -0.4 is 27.0 Å². The fourth-order valence-electron chi connectivity index (χ4n) is 4.44. The number of ether oxygens (including phenoxy) is 1. The minimum absolute atomic E-state index is 0.0640. The summed E-state index contributed by atoms with van der Waals surface area (Å²) in [7, 11) is 0. The Morgan fingerprint density at radius 1 is 1.23 bits per heavy atom. The van der Waals surface area contributed by atoms with Gasteiger partial charge in [-0.15, -0.1) is 0 Å². The van der Waals surface area contributed by atoms with Gasteiger partial charge in [0.05, 0.1) is 30.8 Å². The van der Waals surface area contributed by atoms with Crippen molar-refractivity contribution < 1.29 is 49.4 Å². The van der Waals surface area contributed by atoms with E-state index in [2.05, 4.69) is 21.3 Å². The van der Waals surface area contributed by atoms with Crippen LogP contribution in [0.2, 0.25) is 0 Å². The Morgan fingerprint density at radius 2 is 1.92 bits per heavy atom. The number of nitrogens with one attached hydrogen (secondary N) is 5. The molecule has 0 bridgehead atoms. The van der Waals surface area contributed by atoms with Gasteiger partial charge >= 0.3 is 18.0 Å². The highest BCUT2D eigenvalue weighted by molar-refractivity contribution is 8.00. The van der Waals surface area contributed by atoms with Crippen LogP contribution in [0.5, 0.6) is 0 Å². The van der Waals surface area contributed by atoms with Crippen molar-refractivity contribution in [2.24, 2.45) is 5.73 Å². The zero-order valence-corrected chi connectivity index (χ0v) is 22.0. The lowest BCUT2D eigenvalue weighted by Crippen LogP contribution is -2.64. The molecule has 220 valence electrons. The number of hydrogen-bond acceptors (Lipinski definition) is 10. The van der Waals surface area contributed by atoms with Crippen LogP contribution in [0.3, 0.4) is 0 Å². The number of fused-ring (bicyclic) bond motifs is 1. The van der Waals surface area contributed by atoms with E-state index in [9.17, 15) is 29.4 Å². The average Bonchev–Trinajstić information content (AvgIpc) is 3.40. The van der Waals surface area contributed by atoms with Gasteiger partial charge in [-0.3, -0.25) is 15.0 Å². The van der Waals surface area contributed by atoms with Crippen LogP contribution in [0.4, 0.5) is 4.79 Å². The van der Waals surface area contributed by atoms with E-state index in [-0.39, 0.29) is 24.5 Å². The van der Waals surface area contributed by atoms with E-state index in [0.29, 0.717) is 5.25 Å². The van der Waals surface area contributed by atoms with E-state index >= 15 is 0 Å². The number of carboxylic acids is 2. The predicted molar refractivity (Wildman–Crippen MR) is 138 cm³/mol. The van der Waals surface area contributed by atoms with Crippen molar-refractivity contribution >= 4 is 41.6 Å². The Kier molecular flexibility index (Phi) is 12.1. The fraction of sp³-hybridized carbons (Fsp3) is 0.682. The lowest BCUT2D eigenvalue weighted by molar-refractivity contribution is -0.146. The number of guanidine groups is 1. The SMILES string of the molecule is CC(=O)N[C@H]1[C@H]([C@H](O)[C@H](O)CO)OC(C(=O)O)=C[C@@H]1NC(=N)N.O=C(O)CCCC[C@@H]1SC[C@@H]2NC(=O)N[C@@H]21. The summed E-state index contributed by atoms with van der Waals surface area (Å²) in [6.07, 6.45) is -0.753. The first-order valence-corrected chi connectivity index (χ1v) is 13.3. The molecular formula is C22H36N6O10S. The highest BCUT2D eigenvalue weighted by Gasteiger charge is 2.44. The molecule has 0 radical (unpaired) electrons. The molecule has 0 unspecified atom stereocenters. The first kappa shape index (κ1) is 31.9. The number of unbranched alkanes of at least 4 members (excludes halogenated alkanes) is 1. The number of hydrogen-bond donors (Lipinski definition) is 11. The number of urea groups is 1. The molecule has 0 saturated carbocycles. The van der Waals surface area contributed by atoms with Gasteiger partial charge in [0.25, 0.3) is 0 Å². The van der Waals surface area contributed by atoms with E-state index in [4.69, 9.17) is 31.2 Å². The number of aliphatic carboxylic acids is 2. The Morgan fingerprint density at radius 3 is 2.49 bits per heavy atom. The third-order valence-electron chi connectivity index (χ3n) is 6.22. The van der Waals surface area contributed by atoms with Crippen LogP contribution in [0.25, 0.3) is 0 Å². The lowest BCUT2D eigenvalue weighted by Gasteiger charge is -2.40. The molecule has 3 amide bonds. The summed E-state index contributed by atoms with van der Waals surface area (Å²) in [5, 5.41) is 64.5. The van der Waals surface area contributed by atoms with Crippen LogP contribution in [-0.2, 0) is 19.1 Å². The van der Waals surface area contributed by atoms with Crippen molar-refractivity contribution in [3.8, 4) is 0 Å². The molecule has 0 aliphatic carbocycles. The highest BCUT2D eigenvalue weighted by atomic mass is 32.2. The third kappa shape index (κ3) is 9.45. The van der Waals surface area contributed by atoms with Crippen molar-refractivity contribution in [2.45, 2.75) is 80.3 Å². The van der Waals surface area contributed by atoms with E-state index in [1.165, 1.54) is 6.92 Å². The number of amides is 3. The minimum atomic E-state index is -1.70. The van der Waals surface area contributed by atoms with Gasteiger partial charge in [-0.25, -0.2) is 9.59 Å². The van der Waals surface area contributed by atoms with Crippen LogP contribution >= 0.6 is 11.8 Å². The molecule has 2 saturated heterocycles. The summed E-state index contributed by atoms with van der Waals surface area (Å²) in [6, 6.07) is -1.59. The molecule has 3 heterocycles. The second-order valence-electron chi connectivity index (χ2n) is 9.23. The Labute approximate surface area is 228 Å². The van der Waals surface area contributed by atoms with Crippen molar-refractivity contribution in [1.29, 1.82) is 5.41 Å². The normalized spacial score (nSPS) is 28.6. The summed E-state index contributed by atoms with van der Waals surface area (Å²) in [5.74, 6) is -2.78. The van der Waals surface area contributed by atoms with E-state index < -0.39 is 66.6 Å². The molecule has 12 N–H and O–H groups in total. The summed E-state index contributed by atoms with van der Waals surface area (Å²) >= 11 is 1.87. The summed E-state index contributed by atoms with van der Waals surface area (Å²) < 4.78 is 5.13. The van der Waals surface area contributed by atoms with Gasteiger partial charge in [0.15, 0.2) is 5.96 Å². The summed E-state index contributed by atoms with van der Waals surface area (Å²) in [4.78, 5) is 44.0. The molecule has 0 aromatic heterocycles. The van der Waals surface area contributed by atoms with E-state index in [0.717, 1.165) is 31.1 Å². The number of nitrogens with two attached hydrogens (primary N) is 1.